The first-order valence-corrected chi connectivity index (χ1v) is 9.09. The minimum atomic E-state index is -0.996. The van der Waals surface area contributed by atoms with Crippen molar-refractivity contribution < 1.29 is 14.7 Å². The monoisotopic (exact) mass is 350 g/mol. The molecule has 2 aromatic rings. The van der Waals surface area contributed by atoms with Gasteiger partial charge in [-0.1, -0.05) is 48.5 Å². The standard InChI is InChI=1S/C21H22N2O3/c24-20(19-10-5-12-23(19)21(25)26)22-13-11-18-16(14-22)8-4-9-17(18)15-6-2-1-3-7-15/h1-4,6-9,19H,5,10-14H2,(H,25,26). The van der Waals surface area contributed by atoms with E-state index in [0.29, 0.717) is 26.1 Å². The van der Waals surface area contributed by atoms with E-state index in [0.717, 1.165) is 18.4 Å². The largest absolute Gasteiger partial charge is 0.465 e. The van der Waals surface area contributed by atoms with Crippen molar-refractivity contribution in [3.05, 3.63) is 59.7 Å². The van der Waals surface area contributed by atoms with Crippen LogP contribution in [0.5, 0.6) is 0 Å². The molecule has 0 aliphatic carbocycles. The number of nitrogens with zero attached hydrogens (tertiary/aromatic N) is 2. The fourth-order valence-corrected chi connectivity index (χ4v) is 4.15. The summed E-state index contributed by atoms with van der Waals surface area (Å²) < 4.78 is 0. The maximum absolute atomic E-state index is 12.9. The SMILES string of the molecule is O=C(C1CCCN1C(=O)O)N1CCc2c(cccc2-c2ccccc2)C1. The van der Waals surface area contributed by atoms with E-state index in [1.807, 2.05) is 29.2 Å². The molecule has 1 N–H and O–H groups in total. The molecule has 1 atom stereocenters. The highest BCUT2D eigenvalue weighted by atomic mass is 16.4. The van der Waals surface area contributed by atoms with Gasteiger partial charge in [-0.3, -0.25) is 9.69 Å². The van der Waals surface area contributed by atoms with Crippen molar-refractivity contribution in [1.29, 1.82) is 0 Å². The number of likely N-dealkylation sites (tertiary alicyclic amines) is 1. The van der Waals surface area contributed by atoms with Gasteiger partial charge in [0.15, 0.2) is 0 Å². The van der Waals surface area contributed by atoms with Crippen LogP contribution >= 0.6 is 0 Å². The van der Waals surface area contributed by atoms with E-state index in [2.05, 4.69) is 24.3 Å². The molecule has 0 radical (unpaired) electrons. The number of rotatable bonds is 2. The maximum Gasteiger partial charge on any atom is 0.407 e. The molecule has 5 heteroatoms. The van der Waals surface area contributed by atoms with Gasteiger partial charge >= 0.3 is 6.09 Å². The molecule has 2 aliphatic rings. The Hall–Kier alpha value is -2.82. The van der Waals surface area contributed by atoms with Crippen molar-refractivity contribution in [2.75, 3.05) is 13.1 Å². The molecule has 0 aromatic heterocycles. The predicted molar refractivity (Wildman–Crippen MR) is 98.8 cm³/mol. The molecule has 1 fully saturated rings. The fraction of sp³-hybridized carbons (Fsp3) is 0.333. The average molecular weight is 350 g/mol. The Labute approximate surface area is 152 Å². The number of carbonyl (C=O) groups is 2. The first-order valence-electron chi connectivity index (χ1n) is 9.09. The maximum atomic E-state index is 12.9. The third-order valence-electron chi connectivity index (χ3n) is 5.45. The summed E-state index contributed by atoms with van der Waals surface area (Å²) in [5.41, 5.74) is 4.87. The summed E-state index contributed by atoms with van der Waals surface area (Å²) in [4.78, 5) is 27.4. The first-order chi connectivity index (χ1) is 12.6. The van der Waals surface area contributed by atoms with Crippen LogP contribution in [-0.2, 0) is 17.8 Å². The number of hydrogen-bond donors (Lipinski definition) is 1. The zero-order valence-electron chi connectivity index (χ0n) is 14.6. The average Bonchev–Trinajstić information content (AvgIpc) is 3.17. The van der Waals surface area contributed by atoms with Crippen molar-refractivity contribution in [3.8, 4) is 11.1 Å². The summed E-state index contributed by atoms with van der Waals surface area (Å²) in [6, 6.07) is 16.0. The Bertz CT molecular complexity index is 834. The lowest BCUT2D eigenvalue weighted by atomic mass is 9.90. The molecule has 2 aliphatic heterocycles. The van der Waals surface area contributed by atoms with Crippen LogP contribution < -0.4 is 0 Å². The van der Waals surface area contributed by atoms with E-state index in [1.54, 1.807) is 0 Å². The molecule has 5 nitrogen and oxygen atoms in total. The van der Waals surface area contributed by atoms with Crippen molar-refractivity contribution >= 4 is 12.0 Å². The van der Waals surface area contributed by atoms with Gasteiger partial charge in [0.05, 0.1) is 0 Å². The van der Waals surface area contributed by atoms with Crippen LogP contribution in [0.2, 0.25) is 0 Å². The van der Waals surface area contributed by atoms with Gasteiger partial charge in [0.2, 0.25) is 5.91 Å². The second-order valence-electron chi connectivity index (χ2n) is 6.95. The Morgan fingerprint density at radius 3 is 2.58 bits per heavy atom. The van der Waals surface area contributed by atoms with Crippen LogP contribution in [0.15, 0.2) is 48.5 Å². The van der Waals surface area contributed by atoms with Crippen LogP contribution in [0.25, 0.3) is 11.1 Å². The summed E-state index contributed by atoms with van der Waals surface area (Å²) >= 11 is 0. The minimum Gasteiger partial charge on any atom is -0.465 e. The highest BCUT2D eigenvalue weighted by Crippen LogP contribution is 2.31. The normalized spacial score (nSPS) is 19.3. The number of carbonyl (C=O) groups excluding carboxylic acids is 1. The van der Waals surface area contributed by atoms with Gasteiger partial charge in [-0.2, -0.15) is 0 Å². The van der Waals surface area contributed by atoms with Gasteiger partial charge in [-0.05, 0) is 41.5 Å². The van der Waals surface area contributed by atoms with E-state index in [9.17, 15) is 14.7 Å². The molecule has 1 unspecified atom stereocenters. The highest BCUT2D eigenvalue weighted by Gasteiger charge is 2.37. The van der Waals surface area contributed by atoms with Gasteiger partial charge in [-0.25, -0.2) is 4.79 Å². The number of benzene rings is 2. The fourth-order valence-electron chi connectivity index (χ4n) is 4.15. The molecule has 1 saturated heterocycles. The third-order valence-corrected chi connectivity index (χ3v) is 5.45. The van der Waals surface area contributed by atoms with E-state index < -0.39 is 12.1 Å². The molecular weight excluding hydrogens is 328 g/mol. The molecule has 134 valence electrons. The molecule has 2 aromatic carbocycles. The number of hydrogen-bond acceptors (Lipinski definition) is 2. The van der Waals surface area contributed by atoms with Gasteiger partial charge < -0.3 is 10.0 Å². The van der Waals surface area contributed by atoms with Gasteiger partial charge in [-0.15, -0.1) is 0 Å². The van der Waals surface area contributed by atoms with Crippen LogP contribution in [0.4, 0.5) is 4.79 Å². The summed E-state index contributed by atoms with van der Waals surface area (Å²) in [5, 5.41) is 9.31. The summed E-state index contributed by atoms with van der Waals surface area (Å²) in [7, 11) is 0. The first kappa shape index (κ1) is 16.6. The Balaban J connectivity index is 1.57. The molecule has 2 heterocycles. The second-order valence-corrected chi connectivity index (χ2v) is 6.95. The van der Waals surface area contributed by atoms with E-state index in [-0.39, 0.29) is 5.91 Å². The zero-order chi connectivity index (χ0) is 18.1. The van der Waals surface area contributed by atoms with Crippen molar-refractivity contribution in [3.63, 3.8) is 0 Å². The van der Waals surface area contributed by atoms with Crippen LogP contribution in [0.1, 0.15) is 24.0 Å². The van der Waals surface area contributed by atoms with Gasteiger partial charge in [0.25, 0.3) is 0 Å². The van der Waals surface area contributed by atoms with E-state index in [4.69, 9.17) is 0 Å². The molecule has 2 amide bonds. The third kappa shape index (κ3) is 2.94. The minimum absolute atomic E-state index is 0.0549. The van der Waals surface area contributed by atoms with Crippen LogP contribution in [0.3, 0.4) is 0 Å². The molecule has 4 rings (SSSR count). The zero-order valence-corrected chi connectivity index (χ0v) is 14.6. The van der Waals surface area contributed by atoms with Crippen molar-refractivity contribution in [2.24, 2.45) is 0 Å². The summed E-state index contributed by atoms with van der Waals surface area (Å²) in [6.07, 6.45) is 1.18. The highest BCUT2D eigenvalue weighted by molar-refractivity contribution is 5.86. The van der Waals surface area contributed by atoms with E-state index in [1.165, 1.54) is 21.6 Å². The Morgan fingerprint density at radius 1 is 1.00 bits per heavy atom. The molecule has 26 heavy (non-hydrogen) atoms. The lowest BCUT2D eigenvalue weighted by Gasteiger charge is -2.33. The topological polar surface area (TPSA) is 60.9 Å². The Morgan fingerprint density at radius 2 is 1.81 bits per heavy atom. The van der Waals surface area contributed by atoms with Crippen molar-refractivity contribution in [2.45, 2.75) is 31.8 Å². The molecule has 0 bridgehead atoms. The number of carboxylic acid groups (broad SMARTS) is 1. The van der Waals surface area contributed by atoms with Crippen molar-refractivity contribution in [1.82, 2.24) is 9.80 Å². The van der Waals surface area contributed by atoms with Gasteiger partial charge in [0.1, 0.15) is 6.04 Å². The van der Waals surface area contributed by atoms with Crippen LogP contribution in [-0.4, -0.2) is 46.0 Å². The molecule has 0 spiro atoms. The summed E-state index contributed by atoms with van der Waals surface area (Å²) in [5.74, 6) is -0.0549. The van der Waals surface area contributed by atoms with Crippen LogP contribution in [0, 0.1) is 0 Å². The number of amides is 2. The van der Waals surface area contributed by atoms with E-state index >= 15 is 0 Å². The smallest absolute Gasteiger partial charge is 0.407 e. The second kappa shape index (κ2) is 6.83. The lowest BCUT2D eigenvalue weighted by Crippen LogP contribution is -2.48. The van der Waals surface area contributed by atoms with Gasteiger partial charge in [0, 0.05) is 19.6 Å². The molecular formula is C21H22N2O3. The predicted octanol–water partition coefficient (Wildman–Crippen LogP) is 3.38. The summed E-state index contributed by atoms with van der Waals surface area (Å²) in [6.45, 7) is 1.65. The Kier molecular flexibility index (Phi) is 4.37. The lowest BCUT2D eigenvalue weighted by molar-refractivity contribution is -0.136. The molecule has 0 saturated carbocycles. The number of fused-ring (bicyclic) bond motifs is 1. The quantitative estimate of drug-likeness (QED) is 0.903.